The second-order valence-corrected chi connectivity index (χ2v) is 6.08. The van der Waals surface area contributed by atoms with Gasteiger partial charge in [0.05, 0.1) is 7.11 Å². The van der Waals surface area contributed by atoms with Gasteiger partial charge < -0.3 is 15.0 Å². The van der Waals surface area contributed by atoms with Crippen LogP contribution in [0.25, 0.3) is 10.9 Å². The van der Waals surface area contributed by atoms with Crippen LogP contribution >= 0.6 is 0 Å². The number of hydrogen-bond donors (Lipinski definition) is 2. The van der Waals surface area contributed by atoms with E-state index in [1.54, 1.807) is 31.4 Å². The van der Waals surface area contributed by atoms with Gasteiger partial charge in [0.25, 0.3) is 11.5 Å². The zero-order valence-electron chi connectivity index (χ0n) is 14.5. The second kappa shape index (κ2) is 6.81. The van der Waals surface area contributed by atoms with Crippen molar-refractivity contribution in [1.82, 2.24) is 10.3 Å². The number of amides is 1. The number of nitrogens with one attached hydrogen (secondary N) is 2. The van der Waals surface area contributed by atoms with E-state index in [1.807, 2.05) is 26.0 Å². The van der Waals surface area contributed by atoms with Crippen molar-refractivity contribution in [1.29, 1.82) is 0 Å². The minimum Gasteiger partial charge on any atom is -0.497 e. The molecule has 0 fully saturated rings. The van der Waals surface area contributed by atoms with Crippen LogP contribution in [-0.2, 0) is 6.54 Å². The van der Waals surface area contributed by atoms with Gasteiger partial charge in [-0.25, -0.2) is 0 Å². The summed E-state index contributed by atoms with van der Waals surface area (Å²) in [6.45, 7) is 4.16. The fourth-order valence-corrected chi connectivity index (χ4v) is 2.89. The Hall–Kier alpha value is -3.08. The average molecular weight is 336 g/mol. The highest BCUT2D eigenvalue weighted by atomic mass is 16.5. The lowest BCUT2D eigenvalue weighted by atomic mass is 10.0. The van der Waals surface area contributed by atoms with E-state index in [0.29, 0.717) is 16.9 Å². The summed E-state index contributed by atoms with van der Waals surface area (Å²) in [4.78, 5) is 27.5. The SMILES string of the molecule is COc1cccc(C(=O)NCc2cc3c(C)cc(C)cc3[nH]c2=O)c1. The topological polar surface area (TPSA) is 71.2 Å². The molecule has 0 bridgehead atoms. The third-order valence-electron chi connectivity index (χ3n) is 4.16. The Kier molecular flexibility index (Phi) is 4.57. The van der Waals surface area contributed by atoms with E-state index in [1.165, 1.54) is 0 Å². The quantitative estimate of drug-likeness (QED) is 0.769. The number of pyridine rings is 1. The summed E-state index contributed by atoms with van der Waals surface area (Å²) < 4.78 is 5.12. The third kappa shape index (κ3) is 3.55. The minimum atomic E-state index is -0.251. The zero-order valence-corrected chi connectivity index (χ0v) is 14.5. The highest BCUT2D eigenvalue weighted by Gasteiger charge is 2.10. The number of methoxy groups -OCH3 is 1. The first-order chi connectivity index (χ1) is 12.0. The first-order valence-electron chi connectivity index (χ1n) is 8.03. The number of rotatable bonds is 4. The number of H-pyrrole nitrogens is 1. The summed E-state index contributed by atoms with van der Waals surface area (Å²) in [7, 11) is 1.55. The summed E-state index contributed by atoms with van der Waals surface area (Å²) in [5.41, 5.74) is 3.82. The molecule has 2 N–H and O–H groups in total. The monoisotopic (exact) mass is 336 g/mol. The first-order valence-corrected chi connectivity index (χ1v) is 8.03. The van der Waals surface area contributed by atoms with Crippen LogP contribution in [0.5, 0.6) is 5.75 Å². The molecule has 1 heterocycles. The number of benzene rings is 2. The highest BCUT2D eigenvalue weighted by molar-refractivity contribution is 5.94. The number of aryl methyl sites for hydroxylation is 2. The standard InChI is InChI=1S/C20H20N2O3/c1-12-7-13(2)17-10-15(20(24)22-18(17)8-12)11-21-19(23)14-5-4-6-16(9-14)25-3/h4-10H,11H2,1-3H3,(H,21,23)(H,22,24). The Morgan fingerprint density at radius 1 is 1.16 bits per heavy atom. The number of fused-ring (bicyclic) bond motifs is 1. The van der Waals surface area contributed by atoms with Gasteiger partial charge in [-0.15, -0.1) is 0 Å². The maximum absolute atomic E-state index is 12.3. The van der Waals surface area contributed by atoms with Crippen LogP contribution in [0, 0.1) is 13.8 Å². The molecule has 0 spiro atoms. The van der Waals surface area contributed by atoms with Gasteiger partial charge in [-0.3, -0.25) is 9.59 Å². The van der Waals surface area contributed by atoms with E-state index >= 15 is 0 Å². The maximum Gasteiger partial charge on any atom is 0.253 e. The molecule has 0 radical (unpaired) electrons. The number of hydrogen-bond acceptors (Lipinski definition) is 3. The van der Waals surface area contributed by atoms with Gasteiger partial charge >= 0.3 is 0 Å². The summed E-state index contributed by atoms with van der Waals surface area (Å²) in [5.74, 6) is 0.362. The summed E-state index contributed by atoms with van der Waals surface area (Å²) in [6, 6.07) is 12.7. The van der Waals surface area contributed by atoms with Crippen LogP contribution in [0.2, 0.25) is 0 Å². The number of carbonyl (C=O) groups excluding carboxylic acids is 1. The summed E-state index contributed by atoms with van der Waals surface area (Å²) >= 11 is 0. The summed E-state index contributed by atoms with van der Waals surface area (Å²) in [6.07, 6.45) is 0. The van der Waals surface area contributed by atoms with Gasteiger partial charge in [-0.2, -0.15) is 0 Å². The Bertz CT molecular complexity index is 1010. The second-order valence-electron chi connectivity index (χ2n) is 6.08. The van der Waals surface area contributed by atoms with Gasteiger partial charge in [0.2, 0.25) is 0 Å². The molecule has 3 aromatic rings. The molecule has 0 atom stereocenters. The smallest absolute Gasteiger partial charge is 0.253 e. The van der Waals surface area contributed by atoms with Crippen LogP contribution in [-0.4, -0.2) is 18.0 Å². The minimum absolute atomic E-state index is 0.161. The lowest BCUT2D eigenvalue weighted by molar-refractivity contribution is 0.0950. The summed E-state index contributed by atoms with van der Waals surface area (Å²) in [5, 5.41) is 3.77. The predicted molar refractivity (Wildman–Crippen MR) is 98.2 cm³/mol. The van der Waals surface area contributed by atoms with Gasteiger partial charge in [0.1, 0.15) is 5.75 Å². The van der Waals surface area contributed by atoms with Crippen LogP contribution in [0.1, 0.15) is 27.0 Å². The fourth-order valence-electron chi connectivity index (χ4n) is 2.89. The van der Waals surface area contributed by atoms with Crippen molar-refractivity contribution < 1.29 is 9.53 Å². The van der Waals surface area contributed by atoms with E-state index in [9.17, 15) is 9.59 Å². The lowest BCUT2D eigenvalue weighted by Crippen LogP contribution is -2.26. The van der Waals surface area contributed by atoms with E-state index in [2.05, 4.69) is 16.4 Å². The van der Waals surface area contributed by atoms with E-state index in [-0.39, 0.29) is 18.0 Å². The van der Waals surface area contributed by atoms with Crippen molar-refractivity contribution in [3.05, 3.63) is 75.1 Å². The molecule has 0 saturated carbocycles. The van der Waals surface area contributed by atoms with Crippen molar-refractivity contribution in [2.24, 2.45) is 0 Å². The molecule has 5 heteroatoms. The van der Waals surface area contributed by atoms with Crippen LogP contribution in [0.3, 0.4) is 0 Å². The first kappa shape index (κ1) is 16.8. The number of carbonyl (C=O) groups is 1. The van der Waals surface area contributed by atoms with Gasteiger partial charge in [0, 0.05) is 28.6 Å². The molecule has 1 aromatic heterocycles. The van der Waals surface area contributed by atoms with E-state index in [0.717, 1.165) is 22.0 Å². The van der Waals surface area contributed by atoms with Crippen molar-refractivity contribution in [3.8, 4) is 5.75 Å². The molecular weight excluding hydrogens is 316 g/mol. The van der Waals surface area contributed by atoms with Crippen molar-refractivity contribution in [2.45, 2.75) is 20.4 Å². The molecule has 0 aliphatic rings. The molecule has 5 nitrogen and oxygen atoms in total. The molecule has 3 rings (SSSR count). The van der Waals surface area contributed by atoms with Crippen LogP contribution in [0.4, 0.5) is 0 Å². The van der Waals surface area contributed by atoms with Crippen molar-refractivity contribution in [2.75, 3.05) is 7.11 Å². The molecule has 0 aliphatic carbocycles. The Balaban J connectivity index is 1.84. The van der Waals surface area contributed by atoms with Gasteiger partial charge in [-0.05, 0) is 55.3 Å². The fraction of sp³-hybridized carbons (Fsp3) is 0.200. The molecule has 1 amide bonds. The molecular formula is C20H20N2O3. The Morgan fingerprint density at radius 2 is 1.96 bits per heavy atom. The Labute approximate surface area is 145 Å². The van der Waals surface area contributed by atoms with Crippen molar-refractivity contribution in [3.63, 3.8) is 0 Å². The average Bonchev–Trinajstić information content (AvgIpc) is 2.59. The molecule has 2 aromatic carbocycles. The molecule has 0 saturated heterocycles. The lowest BCUT2D eigenvalue weighted by Gasteiger charge is -2.09. The van der Waals surface area contributed by atoms with Crippen LogP contribution < -0.4 is 15.6 Å². The predicted octanol–water partition coefficient (Wildman–Crippen LogP) is 3.08. The largest absolute Gasteiger partial charge is 0.497 e. The van der Waals surface area contributed by atoms with Gasteiger partial charge in [-0.1, -0.05) is 12.1 Å². The third-order valence-corrected chi connectivity index (χ3v) is 4.16. The highest BCUT2D eigenvalue weighted by Crippen LogP contribution is 2.18. The zero-order chi connectivity index (χ0) is 18.0. The number of ether oxygens (including phenoxy) is 1. The van der Waals surface area contributed by atoms with Crippen LogP contribution in [0.15, 0.2) is 47.3 Å². The van der Waals surface area contributed by atoms with Gasteiger partial charge in [0.15, 0.2) is 0 Å². The van der Waals surface area contributed by atoms with E-state index in [4.69, 9.17) is 4.74 Å². The maximum atomic E-state index is 12.3. The number of aromatic nitrogens is 1. The Morgan fingerprint density at radius 3 is 2.72 bits per heavy atom. The van der Waals surface area contributed by atoms with Crippen molar-refractivity contribution >= 4 is 16.8 Å². The molecule has 25 heavy (non-hydrogen) atoms. The molecule has 128 valence electrons. The molecule has 0 unspecified atom stereocenters. The normalized spacial score (nSPS) is 10.7. The molecule has 0 aliphatic heterocycles. The number of aromatic amines is 1. The van der Waals surface area contributed by atoms with E-state index < -0.39 is 0 Å².